The molecular formula is C21H26N4O4. The topological polar surface area (TPSA) is 97.6 Å². The van der Waals surface area contributed by atoms with Gasteiger partial charge in [-0.05, 0) is 31.0 Å². The molecule has 1 unspecified atom stereocenters. The third-order valence-corrected chi connectivity index (χ3v) is 5.74. The predicted molar refractivity (Wildman–Crippen MR) is 105 cm³/mol. The number of likely N-dealkylation sites (tertiary alicyclic amines) is 1. The van der Waals surface area contributed by atoms with E-state index in [1.165, 1.54) is 6.42 Å². The minimum absolute atomic E-state index is 0.0927. The molecule has 1 aromatic carbocycles. The second-order valence-electron chi connectivity index (χ2n) is 7.69. The molecule has 1 atom stereocenters. The summed E-state index contributed by atoms with van der Waals surface area (Å²) < 4.78 is 10.9. The first-order valence-electron chi connectivity index (χ1n) is 10.2. The molecule has 2 fully saturated rings. The van der Waals surface area contributed by atoms with Crippen LogP contribution in [-0.2, 0) is 16.1 Å². The molecule has 1 aliphatic carbocycles. The third kappa shape index (κ3) is 4.41. The van der Waals surface area contributed by atoms with Crippen LogP contribution in [0.4, 0.5) is 0 Å². The SMILES string of the molecule is COc1cccc(-c2nnc(CNC(=O)C3CC(=O)N(C4CCCCC4)C3)o2)c1. The molecule has 0 spiro atoms. The summed E-state index contributed by atoms with van der Waals surface area (Å²) in [6, 6.07) is 7.63. The number of carbonyl (C=O) groups excluding carboxylic acids is 2. The molecule has 2 heterocycles. The third-order valence-electron chi connectivity index (χ3n) is 5.74. The van der Waals surface area contributed by atoms with Crippen molar-refractivity contribution < 1.29 is 18.7 Å². The lowest BCUT2D eigenvalue weighted by Gasteiger charge is -2.31. The van der Waals surface area contributed by atoms with Gasteiger partial charge in [-0.1, -0.05) is 25.3 Å². The zero-order chi connectivity index (χ0) is 20.2. The quantitative estimate of drug-likeness (QED) is 0.803. The fourth-order valence-corrected chi connectivity index (χ4v) is 4.16. The first-order chi connectivity index (χ1) is 14.1. The van der Waals surface area contributed by atoms with Crippen LogP contribution in [0.5, 0.6) is 5.75 Å². The van der Waals surface area contributed by atoms with Crippen molar-refractivity contribution >= 4 is 11.8 Å². The Morgan fingerprint density at radius 3 is 2.90 bits per heavy atom. The number of hydrogen-bond acceptors (Lipinski definition) is 6. The molecule has 1 aliphatic heterocycles. The maximum absolute atomic E-state index is 12.6. The van der Waals surface area contributed by atoms with Crippen LogP contribution in [0.1, 0.15) is 44.4 Å². The minimum atomic E-state index is -0.315. The maximum Gasteiger partial charge on any atom is 0.247 e. The zero-order valence-corrected chi connectivity index (χ0v) is 16.6. The lowest BCUT2D eigenvalue weighted by molar-refractivity contribution is -0.130. The monoisotopic (exact) mass is 398 g/mol. The Morgan fingerprint density at radius 1 is 1.28 bits per heavy atom. The van der Waals surface area contributed by atoms with Crippen LogP contribution in [0.25, 0.3) is 11.5 Å². The van der Waals surface area contributed by atoms with E-state index in [4.69, 9.17) is 9.15 Å². The second-order valence-corrected chi connectivity index (χ2v) is 7.69. The summed E-state index contributed by atoms with van der Waals surface area (Å²) in [5, 5.41) is 10.9. The van der Waals surface area contributed by atoms with Crippen molar-refractivity contribution in [2.24, 2.45) is 5.92 Å². The van der Waals surface area contributed by atoms with E-state index in [0.717, 1.165) is 31.2 Å². The van der Waals surface area contributed by atoms with E-state index >= 15 is 0 Å². The Hall–Kier alpha value is -2.90. The molecule has 8 heteroatoms. The molecule has 1 N–H and O–H groups in total. The molecule has 0 bridgehead atoms. The van der Waals surface area contributed by atoms with Crippen LogP contribution in [0, 0.1) is 5.92 Å². The molecule has 4 rings (SSSR count). The lowest BCUT2D eigenvalue weighted by atomic mass is 9.94. The number of benzene rings is 1. The highest BCUT2D eigenvalue weighted by Crippen LogP contribution is 2.29. The molecule has 1 aromatic heterocycles. The number of rotatable bonds is 6. The molecule has 1 saturated carbocycles. The van der Waals surface area contributed by atoms with Gasteiger partial charge in [0.05, 0.1) is 19.6 Å². The van der Waals surface area contributed by atoms with E-state index < -0.39 is 0 Å². The average molecular weight is 398 g/mol. The Labute approximate surface area is 169 Å². The van der Waals surface area contributed by atoms with Crippen molar-refractivity contribution in [1.82, 2.24) is 20.4 Å². The van der Waals surface area contributed by atoms with E-state index in [1.807, 2.05) is 23.1 Å². The number of hydrogen-bond donors (Lipinski definition) is 1. The molecular weight excluding hydrogens is 372 g/mol. The van der Waals surface area contributed by atoms with Gasteiger partial charge in [-0.25, -0.2) is 0 Å². The van der Waals surface area contributed by atoms with Crippen LogP contribution in [0.2, 0.25) is 0 Å². The summed E-state index contributed by atoms with van der Waals surface area (Å²) in [6.07, 6.45) is 5.95. The van der Waals surface area contributed by atoms with Crippen molar-refractivity contribution in [1.29, 1.82) is 0 Å². The van der Waals surface area contributed by atoms with Crippen molar-refractivity contribution in [2.75, 3.05) is 13.7 Å². The molecule has 0 radical (unpaired) electrons. The van der Waals surface area contributed by atoms with Gasteiger partial charge in [0.1, 0.15) is 5.75 Å². The average Bonchev–Trinajstić information content (AvgIpc) is 3.39. The van der Waals surface area contributed by atoms with E-state index in [0.29, 0.717) is 30.1 Å². The van der Waals surface area contributed by atoms with Crippen LogP contribution >= 0.6 is 0 Å². The van der Waals surface area contributed by atoms with Crippen molar-refractivity contribution in [2.45, 2.75) is 51.1 Å². The number of carbonyl (C=O) groups is 2. The van der Waals surface area contributed by atoms with Gasteiger partial charge in [-0.15, -0.1) is 10.2 Å². The molecule has 29 heavy (non-hydrogen) atoms. The predicted octanol–water partition coefficient (Wildman–Crippen LogP) is 2.54. The number of aromatic nitrogens is 2. The number of nitrogens with zero attached hydrogens (tertiary/aromatic N) is 3. The molecule has 2 amide bonds. The Morgan fingerprint density at radius 2 is 2.10 bits per heavy atom. The minimum Gasteiger partial charge on any atom is -0.497 e. The summed E-state index contributed by atoms with van der Waals surface area (Å²) >= 11 is 0. The molecule has 8 nitrogen and oxygen atoms in total. The highest BCUT2D eigenvalue weighted by Gasteiger charge is 2.38. The van der Waals surface area contributed by atoms with E-state index in [-0.39, 0.29) is 30.7 Å². The van der Waals surface area contributed by atoms with Gasteiger partial charge in [0.15, 0.2) is 0 Å². The van der Waals surface area contributed by atoms with Gasteiger partial charge in [0, 0.05) is 24.6 Å². The summed E-state index contributed by atoms with van der Waals surface area (Å²) in [5.41, 5.74) is 0.749. The van der Waals surface area contributed by atoms with Crippen LogP contribution < -0.4 is 10.1 Å². The Kier molecular flexibility index (Phi) is 5.78. The van der Waals surface area contributed by atoms with Crippen molar-refractivity contribution in [3.63, 3.8) is 0 Å². The normalized spacial score (nSPS) is 20.1. The van der Waals surface area contributed by atoms with Gasteiger partial charge in [-0.2, -0.15) is 0 Å². The summed E-state index contributed by atoms with van der Waals surface area (Å²) in [4.78, 5) is 26.8. The number of methoxy groups -OCH3 is 1. The highest BCUT2D eigenvalue weighted by atomic mass is 16.5. The van der Waals surface area contributed by atoms with Crippen LogP contribution in [0.15, 0.2) is 28.7 Å². The summed E-state index contributed by atoms with van der Waals surface area (Å²) in [5.74, 6) is 1.03. The Balaban J connectivity index is 1.32. The molecule has 2 aliphatic rings. The van der Waals surface area contributed by atoms with Crippen molar-refractivity contribution in [3.8, 4) is 17.2 Å². The fourth-order valence-electron chi connectivity index (χ4n) is 4.16. The zero-order valence-electron chi connectivity index (χ0n) is 16.6. The number of nitrogens with one attached hydrogen (secondary N) is 1. The molecule has 2 aromatic rings. The standard InChI is InChI=1S/C21H26N4O4/c1-28-17-9-5-6-14(10-17)21-24-23-18(29-21)12-22-20(27)15-11-19(26)25(13-15)16-7-3-2-4-8-16/h5-6,9-10,15-16H,2-4,7-8,11-13H2,1H3,(H,22,27). The van der Waals surface area contributed by atoms with E-state index in [9.17, 15) is 9.59 Å². The van der Waals surface area contributed by atoms with Gasteiger partial charge < -0.3 is 19.4 Å². The van der Waals surface area contributed by atoms with Crippen LogP contribution in [0.3, 0.4) is 0 Å². The Bertz CT molecular complexity index is 875. The van der Waals surface area contributed by atoms with Gasteiger partial charge in [0.25, 0.3) is 0 Å². The molecule has 1 saturated heterocycles. The van der Waals surface area contributed by atoms with Crippen LogP contribution in [-0.4, -0.2) is 46.6 Å². The number of ether oxygens (including phenoxy) is 1. The first kappa shape index (κ1) is 19.4. The smallest absolute Gasteiger partial charge is 0.247 e. The lowest BCUT2D eigenvalue weighted by Crippen LogP contribution is -2.39. The van der Waals surface area contributed by atoms with Crippen molar-refractivity contribution in [3.05, 3.63) is 30.2 Å². The van der Waals surface area contributed by atoms with Gasteiger partial charge in [0.2, 0.25) is 23.6 Å². The largest absolute Gasteiger partial charge is 0.497 e. The van der Waals surface area contributed by atoms with Gasteiger partial charge in [-0.3, -0.25) is 9.59 Å². The number of amides is 2. The first-order valence-corrected chi connectivity index (χ1v) is 10.2. The second kappa shape index (κ2) is 8.63. The molecule has 154 valence electrons. The summed E-state index contributed by atoms with van der Waals surface area (Å²) in [6.45, 7) is 0.651. The fraction of sp³-hybridized carbons (Fsp3) is 0.524. The van der Waals surface area contributed by atoms with E-state index in [2.05, 4.69) is 15.5 Å². The highest BCUT2D eigenvalue weighted by molar-refractivity contribution is 5.89. The van der Waals surface area contributed by atoms with E-state index in [1.54, 1.807) is 13.2 Å². The van der Waals surface area contributed by atoms with Gasteiger partial charge >= 0.3 is 0 Å². The summed E-state index contributed by atoms with van der Waals surface area (Å²) in [7, 11) is 1.59. The maximum atomic E-state index is 12.6.